The van der Waals surface area contributed by atoms with E-state index in [0.29, 0.717) is 19.1 Å². The third kappa shape index (κ3) is 3.21. The van der Waals surface area contributed by atoms with E-state index < -0.39 is 0 Å². The van der Waals surface area contributed by atoms with Gasteiger partial charge in [-0.05, 0) is 24.1 Å². The van der Waals surface area contributed by atoms with Crippen molar-refractivity contribution in [1.29, 1.82) is 0 Å². The van der Waals surface area contributed by atoms with E-state index in [0.717, 1.165) is 41.5 Å². The highest BCUT2D eigenvalue weighted by atomic mass is 35.5. The molecule has 1 aromatic rings. The highest BCUT2D eigenvalue weighted by Crippen LogP contribution is 2.40. The fraction of sp³-hybridized carbons (Fsp3) is 0.625. The molecule has 112 valence electrons. The van der Waals surface area contributed by atoms with Crippen LogP contribution < -0.4 is 14.8 Å². The van der Waals surface area contributed by atoms with E-state index in [4.69, 9.17) is 21.1 Å². The standard InChI is InChI=1S/C16H24ClNO2/c1-4-11(5-2)16(18-6-3)12-9-14-15(10-13(12)17)20-8-7-19-14/h9-11,16,18H,4-8H2,1-3H3. The van der Waals surface area contributed by atoms with E-state index in [1.807, 2.05) is 12.1 Å². The molecule has 0 bridgehead atoms. The van der Waals surface area contributed by atoms with Gasteiger partial charge in [-0.1, -0.05) is 45.2 Å². The van der Waals surface area contributed by atoms with Gasteiger partial charge in [-0.3, -0.25) is 0 Å². The highest BCUT2D eigenvalue weighted by Gasteiger charge is 2.24. The minimum absolute atomic E-state index is 0.262. The Morgan fingerprint density at radius 2 is 1.70 bits per heavy atom. The molecule has 3 nitrogen and oxygen atoms in total. The summed E-state index contributed by atoms with van der Waals surface area (Å²) in [6.07, 6.45) is 2.25. The first-order valence-electron chi connectivity index (χ1n) is 7.53. The number of ether oxygens (including phenoxy) is 2. The second-order valence-electron chi connectivity index (χ2n) is 5.13. The quantitative estimate of drug-likeness (QED) is 0.853. The summed E-state index contributed by atoms with van der Waals surface area (Å²) in [7, 11) is 0. The van der Waals surface area contributed by atoms with Crippen LogP contribution in [0.1, 0.15) is 45.2 Å². The number of hydrogen-bond acceptors (Lipinski definition) is 3. The Morgan fingerprint density at radius 1 is 1.10 bits per heavy atom. The van der Waals surface area contributed by atoms with Crippen molar-refractivity contribution >= 4 is 11.6 Å². The zero-order valence-electron chi connectivity index (χ0n) is 12.5. The van der Waals surface area contributed by atoms with Gasteiger partial charge in [-0.25, -0.2) is 0 Å². The molecule has 0 fully saturated rings. The van der Waals surface area contributed by atoms with E-state index in [-0.39, 0.29) is 6.04 Å². The average Bonchev–Trinajstić information content (AvgIpc) is 2.47. The van der Waals surface area contributed by atoms with Crippen molar-refractivity contribution in [3.8, 4) is 11.5 Å². The van der Waals surface area contributed by atoms with Crippen LogP contribution in [0.25, 0.3) is 0 Å². The molecular weight excluding hydrogens is 274 g/mol. The molecule has 1 atom stereocenters. The van der Waals surface area contributed by atoms with Crippen LogP contribution in [-0.2, 0) is 0 Å². The molecule has 0 aromatic heterocycles. The maximum atomic E-state index is 6.47. The predicted molar refractivity (Wildman–Crippen MR) is 82.9 cm³/mol. The minimum Gasteiger partial charge on any atom is -0.486 e. The van der Waals surface area contributed by atoms with Crippen LogP contribution in [0.4, 0.5) is 0 Å². The normalized spacial score (nSPS) is 15.4. The number of nitrogens with one attached hydrogen (secondary N) is 1. The lowest BCUT2D eigenvalue weighted by Crippen LogP contribution is -2.28. The zero-order chi connectivity index (χ0) is 14.5. The smallest absolute Gasteiger partial charge is 0.162 e. The second-order valence-corrected chi connectivity index (χ2v) is 5.54. The molecule has 1 unspecified atom stereocenters. The van der Waals surface area contributed by atoms with E-state index in [9.17, 15) is 0 Å². The second kappa shape index (κ2) is 7.19. The number of hydrogen-bond donors (Lipinski definition) is 1. The maximum absolute atomic E-state index is 6.47. The summed E-state index contributed by atoms with van der Waals surface area (Å²) in [6, 6.07) is 4.19. The molecule has 4 heteroatoms. The van der Waals surface area contributed by atoms with Crippen LogP contribution in [0, 0.1) is 5.92 Å². The molecule has 0 saturated carbocycles. The molecule has 0 spiro atoms. The van der Waals surface area contributed by atoms with Gasteiger partial charge in [-0.2, -0.15) is 0 Å². The topological polar surface area (TPSA) is 30.5 Å². The van der Waals surface area contributed by atoms with E-state index in [1.165, 1.54) is 0 Å². The molecule has 1 aliphatic rings. The van der Waals surface area contributed by atoms with Crippen LogP contribution in [0.5, 0.6) is 11.5 Å². The largest absolute Gasteiger partial charge is 0.486 e. The van der Waals surface area contributed by atoms with Gasteiger partial charge < -0.3 is 14.8 Å². The summed E-state index contributed by atoms with van der Waals surface area (Å²) >= 11 is 6.47. The molecule has 1 heterocycles. The Bertz CT molecular complexity index is 446. The lowest BCUT2D eigenvalue weighted by atomic mass is 9.88. The van der Waals surface area contributed by atoms with Crippen molar-refractivity contribution in [2.24, 2.45) is 5.92 Å². The van der Waals surface area contributed by atoms with Crippen LogP contribution in [0.3, 0.4) is 0 Å². The Kier molecular flexibility index (Phi) is 5.55. The van der Waals surface area contributed by atoms with Gasteiger partial charge in [-0.15, -0.1) is 0 Å². The third-order valence-electron chi connectivity index (χ3n) is 3.94. The molecular formula is C16H24ClNO2. The number of halogens is 1. The Hall–Kier alpha value is -0.930. The molecule has 2 rings (SSSR count). The van der Waals surface area contributed by atoms with Crippen molar-refractivity contribution < 1.29 is 9.47 Å². The minimum atomic E-state index is 0.262. The van der Waals surface area contributed by atoms with Gasteiger partial charge in [0, 0.05) is 17.1 Å². The van der Waals surface area contributed by atoms with Gasteiger partial charge in [0.15, 0.2) is 11.5 Å². The fourth-order valence-corrected chi connectivity index (χ4v) is 3.10. The number of fused-ring (bicyclic) bond motifs is 1. The van der Waals surface area contributed by atoms with E-state index in [1.54, 1.807) is 0 Å². The third-order valence-corrected chi connectivity index (χ3v) is 4.27. The first-order valence-corrected chi connectivity index (χ1v) is 7.91. The summed E-state index contributed by atoms with van der Waals surface area (Å²) in [4.78, 5) is 0. The van der Waals surface area contributed by atoms with Crippen molar-refractivity contribution in [1.82, 2.24) is 5.32 Å². The number of benzene rings is 1. The van der Waals surface area contributed by atoms with Gasteiger partial charge in [0.05, 0.1) is 0 Å². The van der Waals surface area contributed by atoms with Crippen LogP contribution >= 0.6 is 11.6 Å². The van der Waals surface area contributed by atoms with Gasteiger partial charge in [0.25, 0.3) is 0 Å². The maximum Gasteiger partial charge on any atom is 0.162 e. The molecule has 1 aliphatic heterocycles. The first kappa shape index (κ1) is 15.5. The fourth-order valence-electron chi connectivity index (χ4n) is 2.83. The van der Waals surface area contributed by atoms with Crippen molar-refractivity contribution in [2.45, 2.75) is 39.7 Å². The summed E-state index contributed by atoms with van der Waals surface area (Å²) in [5, 5.41) is 4.32. The number of rotatable bonds is 6. The molecule has 0 saturated heterocycles. The Labute approximate surface area is 126 Å². The molecule has 1 aromatic carbocycles. The van der Waals surface area contributed by atoms with Gasteiger partial charge in [0.2, 0.25) is 0 Å². The zero-order valence-corrected chi connectivity index (χ0v) is 13.3. The summed E-state index contributed by atoms with van der Waals surface area (Å²) < 4.78 is 11.3. The molecule has 20 heavy (non-hydrogen) atoms. The SMILES string of the molecule is CCNC(c1cc2c(cc1Cl)OCCO2)C(CC)CC. The Morgan fingerprint density at radius 3 is 2.25 bits per heavy atom. The summed E-state index contributed by atoms with van der Waals surface area (Å²) in [5.41, 5.74) is 1.12. The molecule has 0 aliphatic carbocycles. The van der Waals surface area contributed by atoms with Crippen molar-refractivity contribution in [3.63, 3.8) is 0 Å². The molecule has 1 N–H and O–H groups in total. The van der Waals surface area contributed by atoms with Crippen molar-refractivity contribution in [3.05, 3.63) is 22.7 Å². The lowest BCUT2D eigenvalue weighted by molar-refractivity contribution is 0.171. The van der Waals surface area contributed by atoms with Crippen molar-refractivity contribution in [2.75, 3.05) is 19.8 Å². The van der Waals surface area contributed by atoms with Crippen LogP contribution in [0.2, 0.25) is 5.02 Å². The lowest BCUT2D eigenvalue weighted by Gasteiger charge is -2.29. The highest BCUT2D eigenvalue weighted by molar-refractivity contribution is 6.31. The van der Waals surface area contributed by atoms with Gasteiger partial charge in [0.1, 0.15) is 13.2 Å². The average molecular weight is 298 g/mol. The monoisotopic (exact) mass is 297 g/mol. The van der Waals surface area contributed by atoms with Crippen LogP contribution in [0.15, 0.2) is 12.1 Å². The first-order chi connectivity index (χ1) is 9.71. The molecule has 0 radical (unpaired) electrons. The summed E-state index contributed by atoms with van der Waals surface area (Å²) in [6.45, 7) is 8.69. The van der Waals surface area contributed by atoms with E-state index in [2.05, 4.69) is 26.1 Å². The molecule has 0 amide bonds. The predicted octanol–water partition coefficient (Wildman–Crippen LogP) is 4.20. The van der Waals surface area contributed by atoms with Crippen LogP contribution in [-0.4, -0.2) is 19.8 Å². The van der Waals surface area contributed by atoms with Gasteiger partial charge >= 0.3 is 0 Å². The van der Waals surface area contributed by atoms with E-state index >= 15 is 0 Å². The summed E-state index contributed by atoms with van der Waals surface area (Å²) in [5.74, 6) is 2.13. The Balaban J connectivity index is 2.36.